The number of benzene rings is 2. The van der Waals surface area contributed by atoms with Crippen LogP contribution in [0.25, 0.3) is 23.5 Å². The topological polar surface area (TPSA) is 55.3 Å². The lowest BCUT2D eigenvalue weighted by atomic mass is 10.1. The van der Waals surface area contributed by atoms with E-state index in [2.05, 4.69) is 4.98 Å². The Bertz CT molecular complexity index is 1200. The summed E-state index contributed by atoms with van der Waals surface area (Å²) in [6.45, 7) is 6.57. The lowest BCUT2D eigenvalue weighted by molar-refractivity contribution is 0.0222. The average Bonchev–Trinajstić information content (AvgIpc) is 2.77. The van der Waals surface area contributed by atoms with Crippen molar-refractivity contribution >= 4 is 29.8 Å². The van der Waals surface area contributed by atoms with E-state index in [1.165, 1.54) is 6.07 Å². The van der Waals surface area contributed by atoms with Crippen molar-refractivity contribution in [3.8, 4) is 11.4 Å². The van der Waals surface area contributed by atoms with Crippen LogP contribution in [0.5, 0.6) is 0 Å². The summed E-state index contributed by atoms with van der Waals surface area (Å²) < 4.78 is 19.4. The second-order valence-electron chi connectivity index (χ2n) is 8.94. The minimum atomic E-state index is -0.526. The molecule has 0 unspecified atom stereocenters. The third kappa shape index (κ3) is 5.76. The standard InChI is InChI=1S/C26H25ClFN3O2/c1-26(2,3)33-25(32)31-13-12-23-20(16-31)15-29-24(30-23)19-8-5-17(6-9-19)4-7-18-10-11-21(27)14-22(18)28/h4-11,14-15H,12-13,16H2,1-3H3. The van der Waals surface area contributed by atoms with Crippen molar-refractivity contribution in [3.05, 3.63) is 81.9 Å². The zero-order chi connectivity index (χ0) is 23.6. The monoisotopic (exact) mass is 465 g/mol. The van der Waals surface area contributed by atoms with Crippen LogP contribution < -0.4 is 0 Å². The quantitative estimate of drug-likeness (QED) is 0.420. The first-order chi connectivity index (χ1) is 15.7. The smallest absolute Gasteiger partial charge is 0.410 e. The minimum Gasteiger partial charge on any atom is -0.444 e. The number of nitrogens with zero attached hydrogens (tertiary/aromatic N) is 3. The van der Waals surface area contributed by atoms with Gasteiger partial charge in [-0.25, -0.2) is 19.2 Å². The number of hydrogen-bond acceptors (Lipinski definition) is 4. The van der Waals surface area contributed by atoms with Gasteiger partial charge in [0.2, 0.25) is 0 Å². The number of fused-ring (bicyclic) bond motifs is 1. The van der Waals surface area contributed by atoms with E-state index in [0.717, 1.165) is 22.4 Å². The summed E-state index contributed by atoms with van der Waals surface area (Å²) in [4.78, 5) is 23.3. The van der Waals surface area contributed by atoms with E-state index in [9.17, 15) is 9.18 Å². The van der Waals surface area contributed by atoms with Gasteiger partial charge >= 0.3 is 6.09 Å². The molecule has 1 aliphatic heterocycles. The molecule has 0 spiro atoms. The third-order valence-corrected chi connectivity index (χ3v) is 5.41. The normalized spacial score (nSPS) is 13.8. The van der Waals surface area contributed by atoms with E-state index in [1.54, 1.807) is 29.3 Å². The zero-order valence-corrected chi connectivity index (χ0v) is 19.6. The van der Waals surface area contributed by atoms with Crippen molar-refractivity contribution in [1.29, 1.82) is 0 Å². The van der Waals surface area contributed by atoms with Crippen LogP contribution in [0.1, 0.15) is 43.2 Å². The van der Waals surface area contributed by atoms with Crippen molar-refractivity contribution in [2.24, 2.45) is 0 Å². The summed E-state index contributed by atoms with van der Waals surface area (Å²) in [5.41, 5.74) is 3.65. The summed E-state index contributed by atoms with van der Waals surface area (Å²) >= 11 is 5.80. The Morgan fingerprint density at radius 3 is 2.61 bits per heavy atom. The molecule has 2 aromatic carbocycles. The molecule has 0 saturated carbocycles. The van der Waals surface area contributed by atoms with E-state index in [4.69, 9.17) is 21.3 Å². The van der Waals surface area contributed by atoms with Crippen molar-refractivity contribution < 1.29 is 13.9 Å². The van der Waals surface area contributed by atoms with Crippen molar-refractivity contribution in [2.75, 3.05) is 6.54 Å². The molecule has 1 aliphatic rings. The van der Waals surface area contributed by atoms with Crippen LogP contribution in [0, 0.1) is 5.82 Å². The fraction of sp³-hybridized carbons (Fsp3) is 0.269. The van der Waals surface area contributed by atoms with Crippen LogP contribution in [0.3, 0.4) is 0 Å². The highest BCUT2D eigenvalue weighted by atomic mass is 35.5. The lowest BCUT2D eigenvalue weighted by Crippen LogP contribution is -2.40. The first-order valence-corrected chi connectivity index (χ1v) is 11.1. The highest BCUT2D eigenvalue weighted by molar-refractivity contribution is 6.30. The van der Waals surface area contributed by atoms with Crippen molar-refractivity contribution in [1.82, 2.24) is 14.9 Å². The second kappa shape index (κ2) is 9.32. The third-order valence-electron chi connectivity index (χ3n) is 5.17. The molecule has 1 aromatic heterocycles. The highest BCUT2D eigenvalue weighted by Crippen LogP contribution is 2.23. The van der Waals surface area contributed by atoms with Gasteiger partial charge < -0.3 is 9.64 Å². The summed E-state index contributed by atoms with van der Waals surface area (Å²) in [5.74, 6) is 0.279. The molecule has 7 heteroatoms. The van der Waals surface area contributed by atoms with Gasteiger partial charge in [0, 0.05) is 40.9 Å². The summed E-state index contributed by atoms with van der Waals surface area (Å²) in [7, 11) is 0. The lowest BCUT2D eigenvalue weighted by Gasteiger charge is -2.30. The molecule has 170 valence electrons. The molecule has 0 atom stereocenters. The largest absolute Gasteiger partial charge is 0.444 e. The molecule has 0 radical (unpaired) electrons. The molecule has 0 N–H and O–H groups in total. The summed E-state index contributed by atoms with van der Waals surface area (Å²) in [5, 5.41) is 0.372. The average molecular weight is 466 g/mol. The van der Waals surface area contributed by atoms with Crippen LogP contribution in [0.15, 0.2) is 48.7 Å². The maximum Gasteiger partial charge on any atom is 0.410 e. The number of carbonyl (C=O) groups is 1. The van der Waals surface area contributed by atoms with E-state index in [-0.39, 0.29) is 11.9 Å². The van der Waals surface area contributed by atoms with E-state index in [0.29, 0.717) is 35.9 Å². The Morgan fingerprint density at radius 2 is 1.91 bits per heavy atom. The van der Waals surface area contributed by atoms with Gasteiger partial charge in [-0.1, -0.05) is 54.1 Å². The van der Waals surface area contributed by atoms with Gasteiger partial charge in [0.25, 0.3) is 0 Å². The summed E-state index contributed by atoms with van der Waals surface area (Å²) in [6.07, 6.45) is 5.67. The molecule has 0 bridgehead atoms. The van der Waals surface area contributed by atoms with E-state index in [1.807, 2.05) is 51.1 Å². The fourth-order valence-electron chi connectivity index (χ4n) is 3.50. The number of hydrogen-bond donors (Lipinski definition) is 0. The van der Waals surface area contributed by atoms with E-state index >= 15 is 0 Å². The molecule has 1 amide bonds. The van der Waals surface area contributed by atoms with Crippen molar-refractivity contribution in [2.45, 2.75) is 39.3 Å². The van der Waals surface area contributed by atoms with Crippen LogP contribution in [-0.4, -0.2) is 33.1 Å². The summed E-state index contributed by atoms with van der Waals surface area (Å²) in [6, 6.07) is 12.4. The zero-order valence-electron chi connectivity index (χ0n) is 18.8. The van der Waals surface area contributed by atoms with Crippen LogP contribution >= 0.6 is 11.6 Å². The van der Waals surface area contributed by atoms with E-state index < -0.39 is 5.60 Å². The predicted molar refractivity (Wildman–Crippen MR) is 128 cm³/mol. The molecule has 2 heterocycles. The number of carbonyl (C=O) groups excluding carboxylic acids is 1. The fourth-order valence-corrected chi connectivity index (χ4v) is 3.66. The first-order valence-electron chi connectivity index (χ1n) is 10.7. The van der Waals surface area contributed by atoms with Crippen molar-refractivity contribution in [3.63, 3.8) is 0 Å². The molecular weight excluding hydrogens is 441 g/mol. The van der Waals surface area contributed by atoms with Gasteiger partial charge in [0.1, 0.15) is 11.4 Å². The number of halogens is 2. The predicted octanol–water partition coefficient (Wildman–Crippen LogP) is 6.40. The highest BCUT2D eigenvalue weighted by Gasteiger charge is 2.26. The van der Waals surface area contributed by atoms with Crippen LogP contribution in [-0.2, 0) is 17.7 Å². The van der Waals surface area contributed by atoms with Gasteiger partial charge in [0.15, 0.2) is 5.82 Å². The van der Waals surface area contributed by atoms with Gasteiger partial charge in [-0.05, 0) is 38.5 Å². The Morgan fingerprint density at radius 1 is 1.15 bits per heavy atom. The minimum absolute atomic E-state index is 0.320. The number of ether oxygens (including phenoxy) is 1. The molecule has 3 aromatic rings. The maximum absolute atomic E-state index is 13.9. The Hall–Kier alpha value is -3.25. The van der Waals surface area contributed by atoms with Gasteiger partial charge in [-0.15, -0.1) is 0 Å². The Kier molecular flexibility index (Phi) is 6.47. The molecule has 0 aliphatic carbocycles. The SMILES string of the molecule is CC(C)(C)OC(=O)N1CCc2nc(-c3ccc(C=Cc4ccc(Cl)cc4F)cc3)ncc2C1. The molecule has 5 nitrogen and oxygen atoms in total. The first kappa shape index (κ1) is 22.9. The Labute approximate surface area is 197 Å². The maximum atomic E-state index is 13.9. The van der Waals surface area contributed by atoms with Gasteiger partial charge in [0.05, 0.1) is 12.2 Å². The number of amides is 1. The van der Waals surface area contributed by atoms with Gasteiger partial charge in [-0.3, -0.25) is 0 Å². The molecule has 0 fully saturated rings. The van der Waals surface area contributed by atoms with Crippen LogP contribution in [0.2, 0.25) is 5.02 Å². The molecule has 0 saturated heterocycles. The molecular formula is C26H25ClFN3O2. The van der Waals surface area contributed by atoms with Crippen LogP contribution in [0.4, 0.5) is 9.18 Å². The molecule has 33 heavy (non-hydrogen) atoms. The van der Waals surface area contributed by atoms with Gasteiger partial charge in [-0.2, -0.15) is 0 Å². The second-order valence-corrected chi connectivity index (χ2v) is 9.38. The number of aromatic nitrogens is 2. The number of rotatable bonds is 3. The Balaban J connectivity index is 1.45. The molecule has 4 rings (SSSR count).